The summed E-state index contributed by atoms with van der Waals surface area (Å²) in [7, 11) is 0. The number of phenols is 2. The van der Waals surface area contributed by atoms with E-state index in [0.29, 0.717) is 86.7 Å². The van der Waals surface area contributed by atoms with Crippen LogP contribution >= 0.6 is 11.6 Å². The maximum atomic E-state index is 13.9. The molecule has 0 saturated carbocycles. The highest BCUT2D eigenvalue weighted by molar-refractivity contribution is 6.36. The number of nitrogens with zero attached hydrogens (tertiary/aromatic N) is 11. The fourth-order valence-electron chi connectivity index (χ4n) is 11.2. The van der Waals surface area contributed by atoms with Crippen LogP contribution in [0.4, 0.5) is 11.5 Å². The van der Waals surface area contributed by atoms with Crippen molar-refractivity contribution in [2.75, 3.05) is 68.8 Å². The summed E-state index contributed by atoms with van der Waals surface area (Å²) in [6.45, 7) is 14.3. The van der Waals surface area contributed by atoms with Crippen LogP contribution < -0.4 is 14.5 Å². The first-order chi connectivity index (χ1) is 35.9. The van der Waals surface area contributed by atoms with Crippen LogP contribution in [0.3, 0.4) is 0 Å². The van der Waals surface area contributed by atoms with Crippen molar-refractivity contribution < 1.29 is 29.6 Å². The molecule has 1 atom stereocenters. The Kier molecular flexibility index (Phi) is 14.6. The molecule has 4 aliphatic rings. The number of rotatable bonds is 13. The number of piperazine rings is 1. The van der Waals surface area contributed by atoms with Gasteiger partial charge >= 0.3 is 12.0 Å². The molecule has 3 fully saturated rings. The molecule has 74 heavy (non-hydrogen) atoms. The number of benzene rings is 4. The zero-order valence-corrected chi connectivity index (χ0v) is 42.7. The van der Waals surface area contributed by atoms with Crippen LogP contribution in [-0.4, -0.2) is 132 Å². The van der Waals surface area contributed by atoms with Crippen LogP contribution in [0.1, 0.15) is 74.3 Å². The number of piperidine rings is 2. The molecule has 384 valence electrons. The van der Waals surface area contributed by atoms with Crippen LogP contribution in [0.15, 0.2) is 85.5 Å². The zero-order valence-electron chi connectivity index (χ0n) is 41.9. The molecular weight excluding hydrogens is 958 g/mol. The Morgan fingerprint density at radius 2 is 1.65 bits per heavy atom. The number of carbonyl (C=O) groups is 2. The quantitative estimate of drug-likeness (QED) is 0.0941. The van der Waals surface area contributed by atoms with E-state index >= 15 is 0 Å². The van der Waals surface area contributed by atoms with Gasteiger partial charge in [-0.1, -0.05) is 73.5 Å². The highest BCUT2D eigenvalue weighted by Crippen LogP contribution is 2.40. The Balaban J connectivity index is 0.752. The molecule has 0 bridgehead atoms. The molecule has 3 N–H and O–H groups in total. The molecule has 6 aromatic rings. The topological polar surface area (TPSA) is 201 Å². The number of carbonyl (C=O) groups excluding carboxylic acids is 2. The Morgan fingerprint density at radius 1 is 0.892 bits per heavy atom. The number of nitriles is 1. The summed E-state index contributed by atoms with van der Waals surface area (Å²) < 4.78 is 7.98. The van der Waals surface area contributed by atoms with Crippen LogP contribution in [0.5, 0.6) is 23.5 Å². The molecule has 4 aromatic carbocycles. The minimum absolute atomic E-state index is 0.00627. The van der Waals surface area contributed by atoms with E-state index in [1.807, 2.05) is 55.1 Å². The molecule has 2 amide bonds. The fourth-order valence-corrected chi connectivity index (χ4v) is 11.5. The number of hydrogen-bond donors (Lipinski definition) is 3. The molecule has 18 heteroatoms. The Labute approximate surface area is 435 Å². The normalized spacial score (nSPS) is 17.9. The van der Waals surface area contributed by atoms with E-state index in [1.165, 1.54) is 16.7 Å². The van der Waals surface area contributed by atoms with Gasteiger partial charge in [-0.3, -0.25) is 14.5 Å². The van der Waals surface area contributed by atoms with Crippen molar-refractivity contribution in [3.8, 4) is 46.7 Å². The number of phenolic OH excluding ortho intramolecular Hbond substituents is 2. The number of ether oxygens (including phenoxy) is 1. The molecule has 2 aromatic heterocycles. The van der Waals surface area contributed by atoms with E-state index in [1.54, 1.807) is 11.0 Å². The van der Waals surface area contributed by atoms with Gasteiger partial charge in [-0.05, 0) is 110 Å². The number of hydrogen-bond acceptors (Lipinski definition) is 14. The maximum Gasteiger partial charge on any atom is 0.319 e. The van der Waals surface area contributed by atoms with Crippen LogP contribution in [0.2, 0.25) is 5.02 Å². The van der Waals surface area contributed by atoms with E-state index in [9.17, 15) is 30.2 Å². The van der Waals surface area contributed by atoms with Gasteiger partial charge < -0.3 is 39.7 Å². The second kappa shape index (κ2) is 21.6. The smallest absolute Gasteiger partial charge is 0.319 e. The average molecular weight is 1020 g/mol. The van der Waals surface area contributed by atoms with Crippen LogP contribution in [0.25, 0.3) is 27.8 Å². The molecular formula is C56H62ClN11O6. The van der Waals surface area contributed by atoms with Crippen molar-refractivity contribution in [1.29, 1.82) is 5.26 Å². The van der Waals surface area contributed by atoms with E-state index in [2.05, 4.69) is 61.8 Å². The average Bonchev–Trinajstić information content (AvgIpc) is 3.80. The summed E-state index contributed by atoms with van der Waals surface area (Å²) >= 11 is 6.80. The molecule has 17 nitrogen and oxygen atoms in total. The lowest BCUT2D eigenvalue weighted by molar-refractivity contribution is -0.138. The predicted octanol–water partition coefficient (Wildman–Crippen LogP) is 7.98. The largest absolute Gasteiger partial charge is 0.508 e. The summed E-state index contributed by atoms with van der Waals surface area (Å²) in [4.78, 5) is 47.5. The maximum absolute atomic E-state index is 13.9. The summed E-state index contributed by atoms with van der Waals surface area (Å²) in [5.41, 5.74) is 5.66. The lowest BCUT2D eigenvalue weighted by Crippen LogP contribution is -2.55. The summed E-state index contributed by atoms with van der Waals surface area (Å²) in [5, 5.41) is 52.4. The van der Waals surface area contributed by atoms with Gasteiger partial charge in [0.15, 0.2) is 5.82 Å². The lowest BCUT2D eigenvalue weighted by Gasteiger charge is -2.42. The lowest BCUT2D eigenvalue weighted by atomic mass is 9.92. The van der Waals surface area contributed by atoms with Crippen molar-refractivity contribution in [2.45, 2.75) is 77.4 Å². The Hall–Kier alpha value is -7.42. The fraction of sp³-hybridized carbons (Fsp3) is 0.411. The molecule has 1 unspecified atom stereocenters. The molecule has 0 spiro atoms. The van der Waals surface area contributed by atoms with Crippen molar-refractivity contribution >= 4 is 45.7 Å². The number of anilines is 2. The van der Waals surface area contributed by atoms with Gasteiger partial charge in [0.1, 0.15) is 17.3 Å². The highest BCUT2D eigenvalue weighted by atomic mass is 35.5. The van der Waals surface area contributed by atoms with Gasteiger partial charge in [-0.2, -0.15) is 15.2 Å². The summed E-state index contributed by atoms with van der Waals surface area (Å²) in [5.74, 6) is 1.09. The van der Waals surface area contributed by atoms with Gasteiger partial charge in [0, 0.05) is 74.4 Å². The van der Waals surface area contributed by atoms with Crippen molar-refractivity contribution in [1.82, 2.24) is 39.4 Å². The molecule has 3 saturated heterocycles. The Morgan fingerprint density at radius 3 is 2.38 bits per heavy atom. The van der Waals surface area contributed by atoms with Gasteiger partial charge in [0.25, 0.3) is 0 Å². The number of fused-ring (bicyclic) bond motifs is 2. The number of aromatic nitrogens is 5. The standard InChI is InChI=1S/C56H62ClN11O6/c1-4-50(71)67-28-27-66(32-41(67)15-21-58)52-42-20-26-65(47-10-6-8-38-7-5-9-45(57)51(38)47)33-46(42)59-55(60-52)74-34-37-16-24-64(25-17-37)54(72)39-18-22-63(23-19-39)31-36-11-13-40(14-12-36)68-53(61-62-56(68)73)44-29-43(35(2)3)48(69)30-49(44)70/h4-14,29-30,35,37,39,41,69-70H,1,15-20,22-28,31-34H2,2-3H3,(H,62,73). The van der Waals surface area contributed by atoms with Crippen LogP contribution in [0, 0.1) is 23.2 Å². The number of halogens is 1. The first-order valence-corrected chi connectivity index (χ1v) is 26.1. The van der Waals surface area contributed by atoms with E-state index in [-0.39, 0.29) is 65.4 Å². The zero-order chi connectivity index (χ0) is 51.6. The van der Waals surface area contributed by atoms with E-state index < -0.39 is 0 Å². The first-order valence-electron chi connectivity index (χ1n) is 25.7. The van der Waals surface area contributed by atoms with Crippen molar-refractivity contribution in [3.63, 3.8) is 0 Å². The van der Waals surface area contributed by atoms with Crippen LogP contribution in [-0.2, 0) is 29.1 Å². The predicted molar refractivity (Wildman–Crippen MR) is 283 cm³/mol. The number of likely N-dealkylation sites (tertiary alicyclic amines) is 2. The van der Waals surface area contributed by atoms with Crippen molar-refractivity contribution in [3.05, 3.63) is 113 Å². The third-order valence-electron chi connectivity index (χ3n) is 15.3. The summed E-state index contributed by atoms with van der Waals surface area (Å²) in [6.07, 6.45) is 5.39. The van der Waals surface area contributed by atoms with E-state index in [4.69, 9.17) is 26.3 Å². The summed E-state index contributed by atoms with van der Waals surface area (Å²) in [6, 6.07) is 24.9. The van der Waals surface area contributed by atoms with E-state index in [0.717, 1.165) is 84.4 Å². The monoisotopic (exact) mass is 1020 g/mol. The van der Waals surface area contributed by atoms with Gasteiger partial charge in [-0.15, -0.1) is 5.10 Å². The van der Waals surface area contributed by atoms with Gasteiger partial charge in [-0.25, -0.2) is 4.57 Å². The molecule has 0 radical (unpaired) electrons. The highest BCUT2D eigenvalue weighted by Gasteiger charge is 2.35. The molecule has 4 aliphatic heterocycles. The third kappa shape index (κ3) is 10.3. The molecule has 6 heterocycles. The minimum atomic E-state index is -0.318. The number of amides is 2. The van der Waals surface area contributed by atoms with Gasteiger partial charge in [0.2, 0.25) is 11.8 Å². The Bertz CT molecular complexity index is 3100. The third-order valence-corrected chi connectivity index (χ3v) is 15.6. The first kappa shape index (κ1) is 50.1. The molecule has 0 aliphatic carbocycles. The second-order valence-corrected chi connectivity index (χ2v) is 20.7. The minimum Gasteiger partial charge on any atom is -0.508 e. The van der Waals surface area contributed by atoms with Crippen molar-refractivity contribution in [2.24, 2.45) is 11.8 Å². The number of aromatic hydroxyl groups is 3. The van der Waals surface area contributed by atoms with Gasteiger partial charge in [0.05, 0.1) is 53.7 Å². The second-order valence-electron chi connectivity index (χ2n) is 20.3. The molecule has 10 rings (SSSR count). The SMILES string of the molecule is C=CC(=O)N1CCN(c2nc(OCC3CCN(C(=O)C4CCN(Cc5ccc(-n6c(O)nnc6-c6cc(C(C)C)c(O)cc6O)cc5)CC4)CC3)nc3c2CCN(c2cccc4cccc(Cl)c24)C3)CC1CC#N.